The summed E-state index contributed by atoms with van der Waals surface area (Å²) in [6.07, 6.45) is 1.25. The van der Waals surface area contributed by atoms with Crippen molar-refractivity contribution in [1.82, 2.24) is 4.98 Å². The van der Waals surface area contributed by atoms with Crippen molar-refractivity contribution in [2.45, 2.75) is 13.8 Å². The van der Waals surface area contributed by atoms with Gasteiger partial charge >= 0.3 is 5.97 Å². The maximum atomic E-state index is 13.4. The summed E-state index contributed by atoms with van der Waals surface area (Å²) < 4.78 is 18.2. The van der Waals surface area contributed by atoms with Crippen LogP contribution >= 0.6 is 0 Å². The highest BCUT2D eigenvalue weighted by Gasteiger charge is 2.21. The summed E-state index contributed by atoms with van der Waals surface area (Å²) in [6.45, 7) is 3.76. The first-order chi connectivity index (χ1) is 8.97. The molecular weight excluding hydrogens is 253 g/mol. The molecule has 2 N–H and O–H groups in total. The minimum absolute atomic E-state index is 0.0877. The van der Waals surface area contributed by atoms with Gasteiger partial charge in [-0.3, -0.25) is 0 Å². The van der Waals surface area contributed by atoms with E-state index in [1.54, 1.807) is 0 Å². The van der Waals surface area contributed by atoms with E-state index >= 15 is 0 Å². The van der Waals surface area contributed by atoms with Crippen LogP contribution in [0.5, 0.6) is 0 Å². The van der Waals surface area contributed by atoms with Crippen molar-refractivity contribution in [3.8, 4) is 0 Å². The van der Waals surface area contributed by atoms with Crippen molar-refractivity contribution in [3.05, 3.63) is 35.5 Å². The summed E-state index contributed by atoms with van der Waals surface area (Å²) in [6, 6.07) is 2.40. The molecule has 0 unspecified atom stereocenters. The second kappa shape index (κ2) is 6.58. The zero-order valence-electron chi connectivity index (χ0n) is 10.6. The van der Waals surface area contributed by atoms with Crippen LogP contribution in [0.25, 0.3) is 5.76 Å². The molecule has 7 heteroatoms. The smallest absolute Gasteiger partial charge is 0.362 e. The van der Waals surface area contributed by atoms with Gasteiger partial charge in [-0.05, 0) is 18.1 Å². The SMILES string of the molecule is CC(C)COC(=O)C(N=N)=C(O)c1ncccc1F. The van der Waals surface area contributed by atoms with Gasteiger partial charge in [0.1, 0.15) is 5.69 Å². The molecule has 1 aromatic heterocycles. The molecule has 0 radical (unpaired) electrons. The van der Waals surface area contributed by atoms with Gasteiger partial charge in [0.05, 0.1) is 6.61 Å². The summed E-state index contributed by atoms with van der Waals surface area (Å²) in [5.74, 6) is -2.55. The highest BCUT2D eigenvalue weighted by molar-refractivity contribution is 5.94. The lowest BCUT2D eigenvalue weighted by Crippen LogP contribution is -2.13. The molecule has 0 atom stereocenters. The largest absolute Gasteiger partial charge is 0.504 e. The van der Waals surface area contributed by atoms with Gasteiger partial charge < -0.3 is 9.84 Å². The van der Waals surface area contributed by atoms with Crippen LogP contribution in [0.1, 0.15) is 19.5 Å². The Morgan fingerprint density at radius 3 is 2.84 bits per heavy atom. The van der Waals surface area contributed by atoms with E-state index in [1.807, 2.05) is 13.8 Å². The average Bonchev–Trinajstić information content (AvgIpc) is 2.37. The summed E-state index contributed by atoms with van der Waals surface area (Å²) in [5.41, 5.74) is 5.75. The molecule has 0 aromatic carbocycles. The molecule has 0 spiro atoms. The van der Waals surface area contributed by atoms with Crippen molar-refractivity contribution in [1.29, 1.82) is 5.53 Å². The summed E-state index contributed by atoms with van der Waals surface area (Å²) in [5, 5.41) is 12.6. The number of pyridine rings is 1. The number of hydrogen-bond donors (Lipinski definition) is 2. The van der Waals surface area contributed by atoms with Crippen LogP contribution < -0.4 is 0 Å². The fourth-order valence-electron chi connectivity index (χ4n) is 1.18. The fraction of sp³-hybridized carbons (Fsp3) is 0.333. The molecule has 0 fully saturated rings. The predicted octanol–water partition coefficient (Wildman–Crippen LogP) is 2.68. The number of ether oxygens (including phenoxy) is 1. The summed E-state index contributed by atoms with van der Waals surface area (Å²) in [7, 11) is 0. The topological polar surface area (TPSA) is 95.6 Å². The molecule has 19 heavy (non-hydrogen) atoms. The average molecular weight is 267 g/mol. The van der Waals surface area contributed by atoms with Crippen LogP contribution in [0.15, 0.2) is 29.1 Å². The maximum absolute atomic E-state index is 13.4. The fourth-order valence-corrected chi connectivity index (χ4v) is 1.18. The van der Waals surface area contributed by atoms with E-state index in [1.165, 1.54) is 12.3 Å². The second-order valence-electron chi connectivity index (χ2n) is 4.14. The van der Waals surface area contributed by atoms with Gasteiger partial charge in [-0.15, -0.1) is 5.11 Å². The van der Waals surface area contributed by atoms with Gasteiger partial charge in [-0.2, -0.15) is 0 Å². The van der Waals surface area contributed by atoms with Gasteiger partial charge in [0, 0.05) is 6.20 Å². The van der Waals surface area contributed by atoms with Crippen LogP contribution in [0, 0.1) is 17.3 Å². The number of halogens is 1. The quantitative estimate of drug-likeness (QED) is 0.371. The number of nitrogens with one attached hydrogen (secondary N) is 1. The lowest BCUT2D eigenvalue weighted by atomic mass is 10.2. The minimum atomic E-state index is -0.994. The number of aliphatic hydroxyl groups excluding tert-OH is 1. The number of carbonyl (C=O) groups excluding carboxylic acids is 1. The molecule has 0 aliphatic carbocycles. The van der Waals surface area contributed by atoms with Crippen LogP contribution in [-0.4, -0.2) is 22.7 Å². The van der Waals surface area contributed by atoms with E-state index < -0.39 is 28.9 Å². The van der Waals surface area contributed by atoms with E-state index in [-0.39, 0.29) is 12.5 Å². The standard InChI is InChI=1S/C12H14FN3O3/c1-7(2)6-19-12(18)10(16-14)11(17)9-8(13)4-3-5-15-9/h3-5,7,14,17H,6H2,1-2H3. The first-order valence-corrected chi connectivity index (χ1v) is 5.56. The van der Waals surface area contributed by atoms with E-state index in [9.17, 15) is 14.3 Å². The van der Waals surface area contributed by atoms with Crippen molar-refractivity contribution in [2.24, 2.45) is 11.0 Å². The third-order valence-electron chi connectivity index (χ3n) is 2.06. The highest BCUT2D eigenvalue weighted by Crippen LogP contribution is 2.18. The lowest BCUT2D eigenvalue weighted by Gasteiger charge is -2.08. The first-order valence-electron chi connectivity index (χ1n) is 5.56. The molecule has 0 saturated heterocycles. The van der Waals surface area contributed by atoms with Crippen molar-refractivity contribution >= 4 is 11.7 Å². The molecule has 0 aliphatic rings. The Kier molecular flexibility index (Phi) is 5.11. The Morgan fingerprint density at radius 1 is 1.63 bits per heavy atom. The number of rotatable bonds is 5. The van der Waals surface area contributed by atoms with E-state index in [2.05, 4.69) is 10.1 Å². The Labute approximate surface area is 109 Å². The zero-order valence-corrected chi connectivity index (χ0v) is 10.6. The molecule has 0 saturated carbocycles. The molecule has 1 rings (SSSR count). The Morgan fingerprint density at radius 2 is 2.32 bits per heavy atom. The van der Waals surface area contributed by atoms with Crippen molar-refractivity contribution < 1.29 is 19.0 Å². The molecule has 0 aliphatic heterocycles. The molecular formula is C12H14FN3O3. The number of esters is 1. The van der Waals surface area contributed by atoms with Crippen LogP contribution in [0.4, 0.5) is 4.39 Å². The van der Waals surface area contributed by atoms with E-state index in [0.717, 1.165) is 6.07 Å². The Balaban J connectivity index is 3.06. The number of aromatic nitrogens is 1. The lowest BCUT2D eigenvalue weighted by molar-refractivity contribution is -0.140. The normalized spacial score (nSPS) is 12.0. The Hall–Kier alpha value is -2.31. The zero-order chi connectivity index (χ0) is 14.4. The van der Waals surface area contributed by atoms with E-state index in [0.29, 0.717) is 0 Å². The third-order valence-corrected chi connectivity index (χ3v) is 2.06. The monoisotopic (exact) mass is 267 g/mol. The van der Waals surface area contributed by atoms with Gasteiger partial charge in [-0.25, -0.2) is 19.7 Å². The molecule has 102 valence electrons. The predicted molar refractivity (Wildman–Crippen MR) is 64.7 cm³/mol. The van der Waals surface area contributed by atoms with E-state index in [4.69, 9.17) is 10.3 Å². The molecule has 0 bridgehead atoms. The minimum Gasteiger partial charge on any atom is -0.504 e. The second-order valence-corrected chi connectivity index (χ2v) is 4.14. The Bertz CT molecular complexity index is 515. The van der Waals surface area contributed by atoms with Gasteiger partial charge in [0.2, 0.25) is 5.70 Å². The highest BCUT2D eigenvalue weighted by atomic mass is 19.1. The summed E-state index contributed by atoms with van der Waals surface area (Å²) >= 11 is 0. The van der Waals surface area contributed by atoms with Crippen molar-refractivity contribution in [3.63, 3.8) is 0 Å². The first kappa shape index (κ1) is 14.7. The maximum Gasteiger partial charge on any atom is 0.362 e. The number of aliphatic hydroxyl groups is 1. The van der Waals surface area contributed by atoms with Crippen LogP contribution in [-0.2, 0) is 9.53 Å². The molecule has 1 aromatic rings. The van der Waals surface area contributed by atoms with Crippen molar-refractivity contribution in [2.75, 3.05) is 6.61 Å². The van der Waals surface area contributed by atoms with Gasteiger partial charge in [-0.1, -0.05) is 13.8 Å². The molecule has 1 heterocycles. The number of nitrogens with zero attached hydrogens (tertiary/aromatic N) is 2. The molecule has 6 nitrogen and oxygen atoms in total. The van der Waals surface area contributed by atoms with Gasteiger partial charge in [0.25, 0.3) is 0 Å². The van der Waals surface area contributed by atoms with Crippen LogP contribution in [0.2, 0.25) is 0 Å². The third kappa shape index (κ3) is 3.84. The van der Waals surface area contributed by atoms with Crippen LogP contribution in [0.3, 0.4) is 0 Å². The number of hydrogen-bond acceptors (Lipinski definition) is 6. The molecule has 0 amide bonds. The number of carbonyl (C=O) groups is 1. The van der Waals surface area contributed by atoms with Gasteiger partial charge in [0.15, 0.2) is 11.6 Å². The summed E-state index contributed by atoms with van der Waals surface area (Å²) in [4.78, 5) is 15.2.